The molecular weight excluding hydrogens is 375 g/mol. The van der Waals surface area contributed by atoms with Gasteiger partial charge in [-0.25, -0.2) is 9.18 Å². The number of nitriles is 1. The smallest absolute Gasteiger partial charge is 0.414 e. The van der Waals surface area contributed by atoms with Crippen LogP contribution in [0.2, 0.25) is 0 Å². The minimum atomic E-state index is -0.558. The summed E-state index contributed by atoms with van der Waals surface area (Å²) in [4.78, 5) is 26.5. The van der Waals surface area contributed by atoms with Gasteiger partial charge in [0.1, 0.15) is 11.9 Å². The van der Waals surface area contributed by atoms with Crippen molar-refractivity contribution in [3.05, 3.63) is 35.7 Å². The Hall–Kier alpha value is -3.08. The molecule has 2 saturated heterocycles. The van der Waals surface area contributed by atoms with Crippen LogP contribution in [0.3, 0.4) is 0 Å². The number of piperidine rings is 1. The Labute approximate surface area is 169 Å². The van der Waals surface area contributed by atoms with Gasteiger partial charge in [0, 0.05) is 31.5 Å². The molecule has 2 amide bonds. The molecule has 154 valence electrons. The zero-order valence-electron chi connectivity index (χ0n) is 16.9. The zero-order chi connectivity index (χ0) is 21.2. The number of ether oxygens (including phenoxy) is 1. The van der Waals surface area contributed by atoms with E-state index >= 15 is 0 Å². The van der Waals surface area contributed by atoms with Gasteiger partial charge in [-0.05, 0) is 24.6 Å². The van der Waals surface area contributed by atoms with Crippen molar-refractivity contribution in [2.24, 2.45) is 5.41 Å². The SMILES string of the molecule is CC(=O)NC[C@H]1CN(c2ccc(N3CC/C(=C/C#N)C(C)(C)C3)c(F)c2)C(=O)O1. The van der Waals surface area contributed by atoms with E-state index in [2.05, 4.69) is 11.4 Å². The third-order valence-electron chi connectivity index (χ3n) is 5.38. The summed E-state index contributed by atoms with van der Waals surface area (Å²) < 4.78 is 20.2. The van der Waals surface area contributed by atoms with Gasteiger partial charge in [0.2, 0.25) is 5.91 Å². The Morgan fingerprint density at radius 1 is 1.48 bits per heavy atom. The van der Waals surface area contributed by atoms with Crippen molar-refractivity contribution in [3.63, 3.8) is 0 Å². The van der Waals surface area contributed by atoms with Gasteiger partial charge >= 0.3 is 6.09 Å². The second-order valence-electron chi connectivity index (χ2n) is 8.04. The van der Waals surface area contributed by atoms with E-state index < -0.39 is 18.0 Å². The highest BCUT2D eigenvalue weighted by molar-refractivity contribution is 5.90. The molecule has 1 atom stereocenters. The molecule has 0 unspecified atom stereocenters. The van der Waals surface area contributed by atoms with Crippen LogP contribution in [0.15, 0.2) is 29.8 Å². The largest absolute Gasteiger partial charge is 0.442 e. The number of nitrogens with one attached hydrogen (secondary N) is 1. The highest BCUT2D eigenvalue weighted by atomic mass is 19.1. The second kappa shape index (κ2) is 8.11. The molecule has 0 bridgehead atoms. The van der Waals surface area contributed by atoms with Crippen LogP contribution in [-0.4, -0.2) is 44.3 Å². The molecule has 0 radical (unpaired) electrons. The first kappa shape index (κ1) is 20.6. The molecule has 0 aromatic heterocycles. The van der Waals surface area contributed by atoms with Crippen LogP contribution >= 0.6 is 0 Å². The lowest BCUT2D eigenvalue weighted by Gasteiger charge is -2.41. The molecule has 2 heterocycles. The Kier molecular flexibility index (Phi) is 5.78. The highest BCUT2D eigenvalue weighted by Crippen LogP contribution is 2.37. The van der Waals surface area contributed by atoms with Crippen molar-refractivity contribution in [2.75, 3.05) is 36.0 Å². The fourth-order valence-corrected chi connectivity index (χ4v) is 3.82. The monoisotopic (exact) mass is 400 g/mol. The highest BCUT2D eigenvalue weighted by Gasteiger charge is 2.34. The standard InChI is InChI=1S/C21H25FN4O3/c1-14(27)24-11-17-12-26(20(28)29-17)16-4-5-19(18(22)10-16)25-9-7-15(6-8-23)21(2,3)13-25/h4-6,10,17H,7,9,11-13H2,1-3H3,(H,24,27)/b15-6-/t17-/m0/s1. The van der Waals surface area contributed by atoms with E-state index in [1.165, 1.54) is 17.9 Å². The number of carbonyl (C=O) groups is 2. The molecule has 2 aliphatic rings. The lowest BCUT2D eigenvalue weighted by atomic mass is 9.78. The van der Waals surface area contributed by atoms with Crippen molar-refractivity contribution in [1.82, 2.24) is 5.32 Å². The second-order valence-corrected chi connectivity index (χ2v) is 8.04. The van der Waals surface area contributed by atoms with Crippen molar-refractivity contribution in [1.29, 1.82) is 5.26 Å². The van der Waals surface area contributed by atoms with Crippen LogP contribution in [-0.2, 0) is 9.53 Å². The van der Waals surface area contributed by atoms with Crippen molar-refractivity contribution >= 4 is 23.4 Å². The fraction of sp³-hybridized carbons (Fsp3) is 0.476. The van der Waals surface area contributed by atoms with E-state index in [1.54, 1.807) is 18.2 Å². The van der Waals surface area contributed by atoms with E-state index in [0.29, 0.717) is 30.9 Å². The molecule has 1 N–H and O–H groups in total. The first-order chi connectivity index (χ1) is 13.7. The molecular formula is C21H25FN4O3. The van der Waals surface area contributed by atoms with Gasteiger partial charge in [0.15, 0.2) is 0 Å². The summed E-state index contributed by atoms with van der Waals surface area (Å²) in [5.41, 5.74) is 1.73. The van der Waals surface area contributed by atoms with E-state index in [0.717, 1.165) is 5.57 Å². The van der Waals surface area contributed by atoms with Crippen LogP contribution < -0.4 is 15.1 Å². The minimum Gasteiger partial charge on any atom is -0.442 e. The summed E-state index contributed by atoms with van der Waals surface area (Å²) in [7, 11) is 0. The average Bonchev–Trinajstić information content (AvgIpc) is 3.02. The molecule has 0 aliphatic carbocycles. The van der Waals surface area contributed by atoms with Crippen LogP contribution in [0, 0.1) is 22.6 Å². The number of benzene rings is 1. The minimum absolute atomic E-state index is 0.202. The number of allylic oxidation sites excluding steroid dienone is 1. The molecule has 7 nitrogen and oxygen atoms in total. The van der Waals surface area contributed by atoms with Crippen LogP contribution in [0.4, 0.5) is 20.6 Å². The summed E-state index contributed by atoms with van der Waals surface area (Å²) in [5.74, 6) is -0.615. The molecule has 0 saturated carbocycles. The van der Waals surface area contributed by atoms with Gasteiger partial charge in [-0.1, -0.05) is 19.4 Å². The molecule has 2 aliphatic heterocycles. The van der Waals surface area contributed by atoms with Crippen molar-refractivity contribution in [3.8, 4) is 6.07 Å². The number of nitrogens with zero attached hydrogens (tertiary/aromatic N) is 3. The summed E-state index contributed by atoms with van der Waals surface area (Å²) >= 11 is 0. The Morgan fingerprint density at radius 3 is 2.86 bits per heavy atom. The summed E-state index contributed by atoms with van der Waals surface area (Å²) in [5, 5.41) is 11.6. The van der Waals surface area contributed by atoms with Crippen LogP contribution in [0.25, 0.3) is 0 Å². The quantitative estimate of drug-likeness (QED) is 0.786. The third kappa shape index (κ3) is 4.50. The number of halogens is 1. The summed E-state index contributed by atoms with van der Waals surface area (Å²) in [6.07, 6.45) is 1.26. The van der Waals surface area contributed by atoms with Crippen LogP contribution in [0.1, 0.15) is 27.2 Å². The van der Waals surface area contributed by atoms with Gasteiger partial charge in [-0.3, -0.25) is 9.69 Å². The van der Waals surface area contributed by atoms with Crippen LogP contribution in [0.5, 0.6) is 0 Å². The van der Waals surface area contributed by atoms with E-state index in [-0.39, 0.29) is 24.4 Å². The van der Waals surface area contributed by atoms with Crippen molar-refractivity contribution in [2.45, 2.75) is 33.3 Å². The number of rotatable bonds is 4. The fourth-order valence-electron chi connectivity index (χ4n) is 3.82. The first-order valence-electron chi connectivity index (χ1n) is 9.57. The molecule has 3 rings (SSSR count). The van der Waals surface area contributed by atoms with Gasteiger partial charge < -0.3 is 15.0 Å². The summed E-state index contributed by atoms with van der Waals surface area (Å²) in [6.45, 7) is 7.17. The third-order valence-corrected chi connectivity index (χ3v) is 5.38. The molecule has 0 spiro atoms. The Balaban J connectivity index is 1.73. The average molecular weight is 400 g/mol. The normalized spacial score (nSPS) is 22.4. The van der Waals surface area contributed by atoms with Gasteiger partial charge in [0.05, 0.1) is 30.5 Å². The lowest BCUT2D eigenvalue weighted by molar-refractivity contribution is -0.119. The lowest BCUT2D eigenvalue weighted by Crippen LogP contribution is -2.42. The maximum atomic E-state index is 14.9. The predicted molar refractivity (Wildman–Crippen MR) is 107 cm³/mol. The molecule has 1 aromatic carbocycles. The maximum absolute atomic E-state index is 14.9. The number of carbonyl (C=O) groups excluding carboxylic acids is 2. The Bertz CT molecular complexity index is 890. The number of amides is 2. The number of cyclic esters (lactones) is 1. The molecule has 29 heavy (non-hydrogen) atoms. The van der Waals surface area contributed by atoms with E-state index in [4.69, 9.17) is 10.00 Å². The van der Waals surface area contributed by atoms with Gasteiger partial charge in [-0.2, -0.15) is 5.26 Å². The number of hydrogen-bond donors (Lipinski definition) is 1. The first-order valence-corrected chi connectivity index (χ1v) is 9.57. The zero-order valence-corrected chi connectivity index (χ0v) is 16.9. The van der Waals surface area contributed by atoms with Gasteiger partial charge in [0.25, 0.3) is 0 Å². The van der Waals surface area contributed by atoms with Crippen molar-refractivity contribution < 1.29 is 18.7 Å². The van der Waals surface area contributed by atoms with Gasteiger partial charge in [-0.15, -0.1) is 0 Å². The molecule has 8 heteroatoms. The number of anilines is 2. The summed E-state index contributed by atoms with van der Waals surface area (Å²) in [6, 6.07) is 6.81. The topological polar surface area (TPSA) is 85.7 Å². The maximum Gasteiger partial charge on any atom is 0.414 e. The number of hydrogen-bond acceptors (Lipinski definition) is 5. The van der Waals surface area contributed by atoms with E-state index in [9.17, 15) is 14.0 Å². The van der Waals surface area contributed by atoms with E-state index in [1.807, 2.05) is 18.7 Å². The molecule has 1 aromatic rings. The molecule has 2 fully saturated rings. The Morgan fingerprint density at radius 2 is 2.24 bits per heavy atom. The predicted octanol–water partition coefficient (Wildman–Crippen LogP) is 2.97.